The van der Waals surface area contributed by atoms with E-state index in [2.05, 4.69) is 12.2 Å². The Balaban J connectivity index is 1.60. The highest BCUT2D eigenvalue weighted by atomic mass is 32.2. The predicted octanol–water partition coefficient (Wildman–Crippen LogP) is 5.44. The number of hydrogen-bond acceptors (Lipinski definition) is 5. The van der Waals surface area contributed by atoms with E-state index in [1.807, 2.05) is 66.9 Å². The van der Waals surface area contributed by atoms with Gasteiger partial charge >= 0.3 is 0 Å². The Labute approximate surface area is 189 Å². The summed E-state index contributed by atoms with van der Waals surface area (Å²) in [4.78, 5) is 30.4. The van der Waals surface area contributed by atoms with E-state index in [-0.39, 0.29) is 17.2 Å². The Kier molecular flexibility index (Phi) is 6.53. The van der Waals surface area contributed by atoms with E-state index in [0.29, 0.717) is 21.9 Å². The van der Waals surface area contributed by atoms with Gasteiger partial charge in [0.15, 0.2) is 5.16 Å². The number of anilines is 1. The summed E-state index contributed by atoms with van der Waals surface area (Å²) >= 11 is 2.71. The first kappa shape index (κ1) is 21.3. The zero-order valence-corrected chi connectivity index (χ0v) is 19.1. The zero-order valence-electron chi connectivity index (χ0n) is 17.4. The monoisotopic (exact) mass is 449 g/mol. The third kappa shape index (κ3) is 4.57. The minimum absolute atomic E-state index is 0.0572. The first-order valence-electron chi connectivity index (χ1n) is 10.2. The van der Waals surface area contributed by atoms with E-state index in [1.54, 1.807) is 4.57 Å². The highest BCUT2D eigenvalue weighted by Gasteiger charge is 2.17. The van der Waals surface area contributed by atoms with E-state index >= 15 is 0 Å². The first-order chi connectivity index (χ1) is 15.1. The number of aromatic nitrogens is 2. The molecule has 0 saturated carbocycles. The Morgan fingerprint density at radius 2 is 1.94 bits per heavy atom. The van der Waals surface area contributed by atoms with Crippen LogP contribution in [0.2, 0.25) is 0 Å². The van der Waals surface area contributed by atoms with Crippen LogP contribution in [0.3, 0.4) is 0 Å². The van der Waals surface area contributed by atoms with Crippen molar-refractivity contribution < 1.29 is 4.79 Å². The maximum absolute atomic E-state index is 13.1. The molecule has 2 aromatic heterocycles. The maximum atomic E-state index is 13.1. The molecule has 158 valence electrons. The van der Waals surface area contributed by atoms with Gasteiger partial charge in [-0.3, -0.25) is 14.2 Å². The molecule has 7 heteroatoms. The lowest BCUT2D eigenvalue weighted by Gasteiger charge is -2.11. The van der Waals surface area contributed by atoms with Gasteiger partial charge in [-0.1, -0.05) is 61.2 Å². The van der Waals surface area contributed by atoms with Gasteiger partial charge in [0.1, 0.15) is 4.70 Å². The number of aryl methyl sites for hydroxylation is 1. The van der Waals surface area contributed by atoms with Gasteiger partial charge in [0.25, 0.3) is 5.56 Å². The van der Waals surface area contributed by atoms with Crippen LogP contribution in [0.1, 0.15) is 19.4 Å². The Hall–Kier alpha value is -2.90. The summed E-state index contributed by atoms with van der Waals surface area (Å²) in [6, 6.07) is 17.8. The van der Waals surface area contributed by atoms with Gasteiger partial charge in [0.2, 0.25) is 5.91 Å². The highest BCUT2D eigenvalue weighted by molar-refractivity contribution is 7.99. The Morgan fingerprint density at radius 3 is 2.68 bits per heavy atom. The van der Waals surface area contributed by atoms with E-state index in [9.17, 15) is 9.59 Å². The molecule has 5 nitrogen and oxygen atoms in total. The van der Waals surface area contributed by atoms with Crippen LogP contribution in [-0.4, -0.2) is 21.2 Å². The number of nitrogens with one attached hydrogen (secondary N) is 1. The SMILES string of the molecule is CCc1cccc(NC(=O)CSc2nc3c(-c4ccccc4)csc3c(=O)n2CC)c1. The number of thioether (sulfide) groups is 1. The average molecular weight is 450 g/mol. The number of benzene rings is 2. The summed E-state index contributed by atoms with van der Waals surface area (Å²) in [6.45, 7) is 4.50. The number of amides is 1. The topological polar surface area (TPSA) is 64.0 Å². The van der Waals surface area contributed by atoms with Crippen LogP contribution in [-0.2, 0) is 17.8 Å². The Morgan fingerprint density at radius 1 is 1.13 bits per heavy atom. The van der Waals surface area contributed by atoms with Crippen LogP contribution in [0.5, 0.6) is 0 Å². The van der Waals surface area contributed by atoms with E-state index < -0.39 is 0 Å². The van der Waals surface area contributed by atoms with Crippen molar-refractivity contribution in [2.24, 2.45) is 0 Å². The molecule has 1 amide bonds. The molecule has 0 aliphatic rings. The second kappa shape index (κ2) is 9.49. The maximum Gasteiger partial charge on any atom is 0.272 e. The molecule has 0 aliphatic carbocycles. The predicted molar refractivity (Wildman–Crippen MR) is 130 cm³/mol. The van der Waals surface area contributed by atoms with Crippen molar-refractivity contribution in [1.29, 1.82) is 0 Å². The van der Waals surface area contributed by atoms with Gasteiger partial charge in [-0.15, -0.1) is 11.3 Å². The highest BCUT2D eigenvalue weighted by Crippen LogP contribution is 2.32. The van der Waals surface area contributed by atoms with Crippen molar-refractivity contribution in [3.8, 4) is 11.1 Å². The van der Waals surface area contributed by atoms with Crippen molar-refractivity contribution in [2.45, 2.75) is 32.0 Å². The smallest absolute Gasteiger partial charge is 0.272 e. The molecule has 1 N–H and O–H groups in total. The van der Waals surface area contributed by atoms with Crippen molar-refractivity contribution in [3.05, 3.63) is 75.9 Å². The fraction of sp³-hybridized carbons (Fsp3) is 0.208. The molecule has 0 saturated heterocycles. The van der Waals surface area contributed by atoms with Crippen molar-refractivity contribution in [1.82, 2.24) is 9.55 Å². The molecule has 2 aromatic carbocycles. The largest absolute Gasteiger partial charge is 0.325 e. The average Bonchev–Trinajstić information content (AvgIpc) is 3.23. The van der Waals surface area contributed by atoms with Crippen molar-refractivity contribution in [2.75, 3.05) is 11.1 Å². The molecular weight excluding hydrogens is 426 g/mol. The molecule has 4 aromatic rings. The van der Waals surface area contributed by atoms with Crippen LogP contribution in [0.25, 0.3) is 21.3 Å². The van der Waals surface area contributed by atoms with Crippen molar-refractivity contribution >= 4 is 44.9 Å². The quantitative estimate of drug-likeness (QED) is 0.301. The van der Waals surface area contributed by atoms with Gasteiger partial charge in [0.05, 0.1) is 11.3 Å². The molecule has 2 heterocycles. The number of nitrogens with zero attached hydrogens (tertiary/aromatic N) is 2. The van der Waals surface area contributed by atoms with Gasteiger partial charge < -0.3 is 5.32 Å². The minimum Gasteiger partial charge on any atom is -0.325 e. The van der Waals surface area contributed by atoms with Gasteiger partial charge in [-0.05, 0) is 36.6 Å². The number of thiophene rings is 1. The lowest BCUT2D eigenvalue weighted by Crippen LogP contribution is -2.23. The van der Waals surface area contributed by atoms with Gasteiger partial charge in [-0.25, -0.2) is 4.98 Å². The third-order valence-corrected chi connectivity index (χ3v) is 6.93. The van der Waals surface area contributed by atoms with Gasteiger partial charge in [0, 0.05) is 23.2 Å². The molecule has 0 fully saturated rings. The van der Waals surface area contributed by atoms with Crippen LogP contribution >= 0.6 is 23.1 Å². The third-order valence-electron chi connectivity index (χ3n) is 4.99. The van der Waals surface area contributed by atoms with Crippen LogP contribution < -0.4 is 10.9 Å². The second-order valence-corrected chi connectivity index (χ2v) is 8.85. The summed E-state index contributed by atoms with van der Waals surface area (Å²) in [5.74, 6) is 0.0582. The van der Waals surface area contributed by atoms with Crippen LogP contribution in [0.4, 0.5) is 5.69 Å². The number of fused-ring (bicyclic) bond motifs is 1. The number of carbonyl (C=O) groups is 1. The molecule has 0 unspecified atom stereocenters. The molecule has 0 aliphatic heterocycles. The Bertz CT molecular complexity index is 1280. The number of carbonyl (C=O) groups excluding carboxylic acids is 1. The number of hydrogen-bond donors (Lipinski definition) is 1. The molecule has 31 heavy (non-hydrogen) atoms. The van der Waals surface area contributed by atoms with Crippen molar-refractivity contribution in [3.63, 3.8) is 0 Å². The standard InChI is InChI=1S/C24H23N3O2S2/c1-3-16-9-8-12-18(13-16)25-20(28)15-31-24-26-21-19(17-10-6-5-7-11-17)14-30-22(21)23(29)27(24)4-2/h5-14H,3-4,15H2,1-2H3,(H,25,28). The summed E-state index contributed by atoms with van der Waals surface area (Å²) in [7, 11) is 0. The molecule has 0 radical (unpaired) electrons. The van der Waals surface area contributed by atoms with Gasteiger partial charge in [-0.2, -0.15) is 0 Å². The van der Waals surface area contributed by atoms with Crippen LogP contribution in [0, 0.1) is 0 Å². The molecule has 0 bridgehead atoms. The second-order valence-electron chi connectivity index (χ2n) is 7.03. The molecule has 0 atom stereocenters. The van der Waals surface area contributed by atoms with E-state index in [0.717, 1.165) is 23.2 Å². The summed E-state index contributed by atoms with van der Waals surface area (Å²) in [5.41, 5.74) is 4.57. The minimum atomic E-state index is -0.121. The van der Waals surface area contributed by atoms with E-state index in [4.69, 9.17) is 4.98 Å². The fourth-order valence-corrected chi connectivity index (χ4v) is 5.21. The van der Waals surface area contributed by atoms with E-state index in [1.165, 1.54) is 28.7 Å². The first-order valence-corrected chi connectivity index (χ1v) is 12.1. The van der Waals surface area contributed by atoms with Crippen LogP contribution in [0.15, 0.2) is 69.9 Å². The molecule has 0 spiro atoms. The molecule has 4 rings (SSSR count). The fourth-order valence-electron chi connectivity index (χ4n) is 3.39. The number of rotatable bonds is 7. The lowest BCUT2D eigenvalue weighted by atomic mass is 10.1. The summed E-state index contributed by atoms with van der Waals surface area (Å²) < 4.78 is 2.29. The lowest BCUT2D eigenvalue weighted by molar-refractivity contribution is -0.113. The zero-order chi connectivity index (χ0) is 21.8. The molecular formula is C24H23N3O2S2. The summed E-state index contributed by atoms with van der Waals surface area (Å²) in [5, 5.41) is 5.48. The normalized spacial score (nSPS) is 11.0. The summed E-state index contributed by atoms with van der Waals surface area (Å²) in [6.07, 6.45) is 0.912.